The topological polar surface area (TPSA) is 268 Å². The lowest BCUT2D eigenvalue weighted by Crippen LogP contribution is -2.48. The number of piperazine rings is 1. The van der Waals surface area contributed by atoms with Gasteiger partial charge in [0.15, 0.2) is 16.9 Å². The molecule has 9 aromatic heterocycles. The number of morpholine rings is 2. The van der Waals surface area contributed by atoms with E-state index in [1.807, 2.05) is 57.6 Å². The van der Waals surface area contributed by atoms with Crippen LogP contribution in [-0.4, -0.2) is 157 Å². The number of pyridine rings is 4. The molecule has 0 unspecified atom stereocenters. The van der Waals surface area contributed by atoms with Gasteiger partial charge in [0.1, 0.15) is 5.82 Å². The smallest absolute Gasteiger partial charge is 0.325 e. The molecule has 94 heavy (non-hydrogen) atoms. The van der Waals surface area contributed by atoms with Crippen LogP contribution in [-0.2, 0) is 9.47 Å². The molecule has 0 atom stereocenters. The summed E-state index contributed by atoms with van der Waals surface area (Å²) in [6.07, 6.45) is 15.8. The van der Waals surface area contributed by atoms with E-state index in [1.165, 1.54) is 30.4 Å². The summed E-state index contributed by atoms with van der Waals surface area (Å²) in [6, 6.07) is 41.8. The standard InChI is InChI=1S/C24H27N7O2.C23H24N6O3.C22H22N6O/c1-16(2)29-11-13-30(14-12-29)18-5-3-17(4-6-18)27-20-7-8-21(31-10-9-25-22(20)31)19-15-26-24(33)28-23(19)32;1-30-22-18(15-25-23(27-22)31-2)20-8-7-19(21-24-9-10-29(20)21)26-16-3-5-17(6-4-16)28-11-13-32-14-12-28;23-21-8-1-16(15-25-21)20-7-6-19(22-24-9-10-28(20)22)26-17-2-4-18(5-3-17)27-11-13-29-14-12-27/h3-10,15-16,27H,11-14H2,1-2H3,(H2,26,28,32,33);3-10,15,26H,11-14H2,1-2H3;1-10,15,26H,11-14H2,(H2,23,25). The second-order valence-corrected chi connectivity index (χ2v) is 22.8. The van der Waals surface area contributed by atoms with Gasteiger partial charge in [-0.3, -0.25) is 27.9 Å². The Morgan fingerprint density at radius 1 is 0.500 bits per heavy atom. The zero-order chi connectivity index (χ0) is 64.5. The van der Waals surface area contributed by atoms with Gasteiger partial charge in [-0.2, -0.15) is 4.98 Å². The second kappa shape index (κ2) is 28.1. The van der Waals surface area contributed by atoms with Crippen molar-refractivity contribution in [3.8, 4) is 45.7 Å². The maximum Gasteiger partial charge on any atom is 0.325 e. The van der Waals surface area contributed by atoms with E-state index in [2.05, 4.69) is 173 Å². The van der Waals surface area contributed by atoms with Crippen LogP contribution in [0, 0.1) is 0 Å². The fourth-order valence-corrected chi connectivity index (χ4v) is 11.8. The maximum atomic E-state index is 12.3. The third kappa shape index (κ3) is 13.7. The van der Waals surface area contributed by atoms with Gasteiger partial charge in [0.25, 0.3) is 5.56 Å². The third-order valence-electron chi connectivity index (χ3n) is 16.8. The second-order valence-electron chi connectivity index (χ2n) is 22.8. The Kier molecular flexibility index (Phi) is 18.4. The van der Waals surface area contributed by atoms with Gasteiger partial charge in [-0.15, -0.1) is 0 Å². The lowest BCUT2D eigenvalue weighted by atomic mass is 10.1. The lowest BCUT2D eigenvalue weighted by molar-refractivity contribution is 0.122. The number of aromatic nitrogens is 11. The maximum absolute atomic E-state index is 12.3. The predicted molar refractivity (Wildman–Crippen MR) is 368 cm³/mol. The van der Waals surface area contributed by atoms with E-state index in [4.69, 9.17) is 24.7 Å². The van der Waals surface area contributed by atoms with Gasteiger partial charge < -0.3 is 60.3 Å². The molecule has 15 rings (SSSR count). The van der Waals surface area contributed by atoms with Crippen molar-refractivity contribution in [2.24, 2.45) is 0 Å². The molecule has 25 nitrogen and oxygen atoms in total. The number of aromatic amines is 2. The van der Waals surface area contributed by atoms with Crippen molar-refractivity contribution in [3.63, 3.8) is 0 Å². The van der Waals surface area contributed by atoms with E-state index < -0.39 is 11.2 Å². The number of benzene rings is 3. The number of imidazole rings is 3. The third-order valence-corrected chi connectivity index (χ3v) is 16.8. The summed E-state index contributed by atoms with van der Waals surface area (Å²) in [5.74, 6) is 0.945. The van der Waals surface area contributed by atoms with Crippen LogP contribution >= 0.6 is 0 Å². The summed E-state index contributed by atoms with van der Waals surface area (Å²) in [5.41, 5.74) is 21.0. The Bertz CT molecular complexity index is 4640. The molecule has 12 aromatic rings. The molecule has 0 saturated carbocycles. The van der Waals surface area contributed by atoms with E-state index in [0.717, 1.165) is 147 Å². The minimum absolute atomic E-state index is 0.256. The summed E-state index contributed by atoms with van der Waals surface area (Å²) in [4.78, 5) is 64.3. The molecule has 3 aliphatic rings. The first-order valence-electron chi connectivity index (χ1n) is 31.2. The SMILES string of the molecule is CC(C)N1CCN(c2ccc(Nc3ccc(-c4c[nH]c(=O)[nH]c4=O)n4ccnc34)cc2)CC1.COc1ncc(-c2ccc(Nc3ccc(N4CCOCC4)cc3)c3nccn23)c(OC)n1.Nc1ccc(-c2ccc(Nc3ccc(N4CCOCC4)cc3)c3nccn23)cn1. The van der Waals surface area contributed by atoms with E-state index in [0.29, 0.717) is 34.6 Å². The number of fused-ring (bicyclic) bond motifs is 3. The van der Waals surface area contributed by atoms with Gasteiger partial charge in [0.05, 0.1) is 85.9 Å². The fraction of sp³-hybridized carbons (Fsp3) is 0.246. The molecular weight excluding hydrogens is 1190 g/mol. The van der Waals surface area contributed by atoms with Crippen LogP contribution in [0.1, 0.15) is 13.8 Å². The highest BCUT2D eigenvalue weighted by Crippen LogP contribution is 2.35. The number of nitrogens with two attached hydrogens (primary N) is 1. The normalized spacial score (nSPS) is 14.3. The summed E-state index contributed by atoms with van der Waals surface area (Å²) < 4.78 is 27.3. The van der Waals surface area contributed by atoms with E-state index in [1.54, 1.807) is 50.4 Å². The molecule has 3 aliphatic heterocycles. The summed E-state index contributed by atoms with van der Waals surface area (Å²) in [6.45, 7) is 15.5. The highest BCUT2D eigenvalue weighted by Gasteiger charge is 2.21. The van der Waals surface area contributed by atoms with Gasteiger partial charge in [-0.05, 0) is 135 Å². The zero-order valence-corrected chi connectivity index (χ0v) is 52.6. The van der Waals surface area contributed by atoms with Crippen molar-refractivity contribution in [1.82, 2.24) is 58.0 Å². The van der Waals surface area contributed by atoms with Crippen LogP contribution in [0.2, 0.25) is 0 Å². The molecule has 0 amide bonds. The Morgan fingerprint density at radius 2 is 0.957 bits per heavy atom. The monoisotopic (exact) mass is 1260 g/mol. The van der Waals surface area contributed by atoms with Crippen molar-refractivity contribution in [2.75, 3.05) is 129 Å². The Morgan fingerprint density at radius 3 is 1.39 bits per heavy atom. The molecule has 25 heteroatoms. The van der Waals surface area contributed by atoms with Gasteiger partial charge in [-0.1, -0.05) is 0 Å². The number of nitrogens with zero attached hydrogens (tertiary/aromatic N) is 13. The molecule has 0 bridgehead atoms. The van der Waals surface area contributed by atoms with E-state index in [9.17, 15) is 9.59 Å². The fourth-order valence-electron chi connectivity index (χ4n) is 11.8. The molecule has 3 saturated heterocycles. The molecule has 0 radical (unpaired) electrons. The largest absolute Gasteiger partial charge is 0.480 e. The number of H-pyrrole nitrogens is 2. The number of hydrogen-bond acceptors (Lipinski definition) is 20. The van der Waals surface area contributed by atoms with Crippen molar-refractivity contribution in [2.45, 2.75) is 19.9 Å². The zero-order valence-electron chi connectivity index (χ0n) is 52.6. The molecular formula is C69H73N19O6. The van der Waals surface area contributed by atoms with Crippen LogP contribution in [0.5, 0.6) is 11.9 Å². The van der Waals surface area contributed by atoms with Gasteiger partial charge in [-0.25, -0.2) is 29.7 Å². The first kappa shape index (κ1) is 61.6. The molecule has 0 spiro atoms. The summed E-state index contributed by atoms with van der Waals surface area (Å²) in [7, 11) is 3.10. The summed E-state index contributed by atoms with van der Waals surface area (Å²) >= 11 is 0. The molecule has 480 valence electrons. The Labute approximate surface area is 541 Å². The van der Waals surface area contributed by atoms with Crippen LogP contribution in [0.15, 0.2) is 187 Å². The van der Waals surface area contributed by atoms with Crippen molar-refractivity contribution in [1.29, 1.82) is 0 Å². The van der Waals surface area contributed by atoms with E-state index >= 15 is 0 Å². The number of rotatable bonds is 15. The average Bonchev–Trinajstić information content (AvgIpc) is 1.55. The van der Waals surface area contributed by atoms with Crippen LogP contribution < -0.4 is 57.1 Å². The van der Waals surface area contributed by atoms with Crippen molar-refractivity contribution in [3.05, 3.63) is 198 Å². The molecule has 3 aromatic carbocycles. The first-order valence-corrected chi connectivity index (χ1v) is 31.2. The first-order chi connectivity index (χ1) is 46.0. The lowest BCUT2D eigenvalue weighted by Gasteiger charge is -2.38. The Hall–Kier alpha value is -11.3. The van der Waals surface area contributed by atoms with E-state index in [-0.39, 0.29) is 6.01 Å². The molecule has 3 fully saturated rings. The number of methoxy groups -OCH3 is 2. The highest BCUT2D eigenvalue weighted by atomic mass is 16.5. The molecule has 0 aliphatic carbocycles. The number of nitrogens with one attached hydrogen (secondary N) is 5. The molecule has 7 N–H and O–H groups in total. The number of hydrogen-bond donors (Lipinski definition) is 6. The number of anilines is 10. The van der Waals surface area contributed by atoms with Crippen LogP contribution in [0.25, 0.3) is 50.7 Å². The summed E-state index contributed by atoms with van der Waals surface area (Å²) in [5, 5.41) is 10.4. The average molecular weight is 1260 g/mol. The number of nitrogen functional groups attached to an aromatic ring is 1. The highest BCUT2D eigenvalue weighted by molar-refractivity contribution is 5.82. The van der Waals surface area contributed by atoms with Gasteiger partial charge in [0.2, 0.25) is 5.88 Å². The molecule has 12 heterocycles. The Balaban J connectivity index is 0.000000128. The quantitative estimate of drug-likeness (QED) is 0.0557. The minimum Gasteiger partial charge on any atom is -0.480 e. The van der Waals surface area contributed by atoms with Crippen molar-refractivity contribution < 1.29 is 18.9 Å². The van der Waals surface area contributed by atoms with Crippen LogP contribution in [0.4, 0.5) is 57.0 Å². The van der Waals surface area contributed by atoms with Crippen LogP contribution in [0.3, 0.4) is 0 Å². The minimum atomic E-state index is -0.533. The van der Waals surface area contributed by atoms with Gasteiger partial charge in [0, 0.05) is 154 Å². The predicted octanol–water partition coefficient (Wildman–Crippen LogP) is 9.60. The van der Waals surface area contributed by atoms with Gasteiger partial charge >= 0.3 is 11.7 Å². The van der Waals surface area contributed by atoms with Crippen molar-refractivity contribution >= 4 is 73.9 Å². The number of ether oxygens (including phenoxy) is 4.